The van der Waals surface area contributed by atoms with E-state index < -0.39 is 0 Å². The highest BCUT2D eigenvalue weighted by atomic mass is 14.1. The second-order valence-corrected chi connectivity index (χ2v) is 16.1. The molecule has 7 rings (SSSR count). The molecule has 0 nitrogen and oxygen atoms in total. The molecule has 0 heterocycles. The molecule has 0 aromatic heterocycles. The summed E-state index contributed by atoms with van der Waals surface area (Å²) in [4.78, 5) is 0. The molecule has 7 aromatic carbocycles. The summed E-state index contributed by atoms with van der Waals surface area (Å²) in [6, 6.07) is 46.7. The van der Waals surface area contributed by atoms with E-state index in [2.05, 4.69) is 135 Å². The van der Waals surface area contributed by atoms with Gasteiger partial charge in [0.2, 0.25) is 0 Å². The van der Waals surface area contributed by atoms with Gasteiger partial charge in [0.05, 0.1) is 0 Å². The van der Waals surface area contributed by atoms with Crippen molar-refractivity contribution >= 4 is 43.1 Å². The smallest absolute Gasteiger partial charge is 0.00987 e. The minimum atomic E-state index is 1.19. The van der Waals surface area contributed by atoms with Gasteiger partial charge in [-0.15, -0.1) is 0 Å². The molecule has 0 N–H and O–H groups in total. The quantitative estimate of drug-likeness (QED) is 0.0546. The van der Waals surface area contributed by atoms with E-state index in [0.29, 0.717) is 0 Å². The van der Waals surface area contributed by atoms with Gasteiger partial charge in [0.15, 0.2) is 0 Å². The molecule has 0 amide bonds. The van der Waals surface area contributed by atoms with E-state index in [1.54, 1.807) is 0 Å². The Kier molecular flexibility index (Phi) is 13.5. The molecule has 54 heavy (non-hydrogen) atoms. The molecular weight excluding hydrogens is 649 g/mol. The monoisotopic (exact) mass is 710 g/mol. The Morgan fingerprint density at radius 1 is 0.259 bits per heavy atom. The van der Waals surface area contributed by atoms with Gasteiger partial charge in [-0.3, -0.25) is 0 Å². The SMILES string of the molecule is CCCCCCCCCCc1ccc(-c2ccc3c(ccc4c3ccc3c5ccc(-c6ccc(CCCCCCCCCC)cc6)cc5ccc34)c2)cc1. The molecular formula is C54H62. The third-order valence-corrected chi connectivity index (χ3v) is 12.0. The first kappa shape index (κ1) is 37.9. The summed E-state index contributed by atoms with van der Waals surface area (Å²) in [5.41, 5.74) is 8.12. The van der Waals surface area contributed by atoms with Crippen molar-refractivity contribution in [2.75, 3.05) is 0 Å². The maximum atomic E-state index is 2.37. The van der Waals surface area contributed by atoms with E-state index in [-0.39, 0.29) is 0 Å². The Labute approximate surface area is 326 Å². The van der Waals surface area contributed by atoms with Crippen LogP contribution in [0, 0.1) is 0 Å². The summed E-state index contributed by atoms with van der Waals surface area (Å²) in [7, 11) is 0. The minimum Gasteiger partial charge on any atom is -0.0654 e. The lowest BCUT2D eigenvalue weighted by atomic mass is 9.92. The maximum absolute atomic E-state index is 2.37. The van der Waals surface area contributed by atoms with Crippen LogP contribution in [0.5, 0.6) is 0 Å². The van der Waals surface area contributed by atoms with Gasteiger partial charge in [-0.2, -0.15) is 0 Å². The Morgan fingerprint density at radius 2 is 0.556 bits per heavy atom. The lowest BCUT2D eigenvalue weighted by molar-refractivity contribution is 0.575. The summed E-state index contributed by atoms with van der Waals surface area (Å²) in [5, 5.41) is 10.6. The van der Waals surface area contributed by atoms with Gasteiger partial charge in [0.1, 0.15) is 0 Å². The molecule has 0 radical (unpaired) electrons. The van der Waals surface area contributed by atoms with Crippen molar-refractivity contribution in [3.8, 4) is 22.3 Å². The number of hydrogen-bond donors (Lipinski definition) is 0. The number of hydrogen-bond acceptors (Lipinski definition) is 0. The summed E-state index contributed by atoms with van der Waals surface area (Å²) in [6.45, 7) is 4.58. The van der Waals surface area contributed by atoms with Gasteiger partial charge in [-0.1, -0.05) is 213 Å². The Hall–Kier alpha value is -4.42. The zero-order chi connectivity index (χ0) is 37.0. The standard InChI is InChI=1S/C54H62/c1-3-5-7-9-11-13-15-17-19-41-21-25-43(26-22-41)45-29-33-49-47(39-45)31-35-53-51(49)37-38-52-50-34-30-46(40-48(50)32-36-54(52)53)44-27-23-42(24-28-44)20-18-16-14-12-10-8-6-4-2/h21-40H,3-20H2,1-2H3. The highest BCUT2D eigenvalue weighted by Gasteiger charge is 2.10. The molecule has 0 aliphatic carbocycles. The molecule has 278 valence electrons. The van der Waals surface area contributed by atoms with E-state index >= 15 is 0 Å². The molecule has 0 fully saturated rings. The van der Waals surface area contributed by atoms with Crippen LogP contribution in [0.3, 0.4) is 0 Å². The second kappa shape index (κ2) is 19.3. The van der Waals surface area contributed by atoms with Gasteiger partial charge < -0.3 is 0 Å². The number of unbranched alkanes of at least 4 members (excludes halogenated alkanes) is 14. The zero-order valence-electron chi connectivity index (χ0n) is 33.3. The number of rotatable bonds is 20. The predicted octanol–water partition coefficient (Wildman–Crippen LogP) is 17.0. The average Bonchev–Trinajstić information content (AvgIpc) is 3.22. The predicted molar refractivity (Wildman–Crippen MR) is 240 cm³/mol. The Balaban J connectivity index is 1.00. The average molecular weight is 711 g/mol. The largest absolute Gasteiger partial charge is 0.0654 e. The van der Waals surface area contributed by atoms with E-state index in [0.717, 1.165) is 0 Å². The van der Waals surface area contributed by atoms with Crippen molar-refractivity contribution in [1.29, 1.82) is 0 Å². The van der Waals surface area contributed by atoms with Crippen LogP contribution in [0.1, 0.15) is 128 Å². The molecule has 0 bridgehead atoms. The number of benzene rings is 7. The van der Waals surface area contributed by atoms with Gasteiger partial charge in [0, 0.05) is 0 Å². The first-order chi connectivity index (χ1) is 26.7. The number of aryl methyl sites for hydroxylation is 2. The Morgan fingerprint density at radius 3 is 0.944 bits per heavy atom. The van der Waals surface area contributed by atoms with Gasteiger partial charge >= 0.3 is 0 Å². The molecule has 0 saturated carbocycles. The first-order valence-electron chi connectivity index (χ1n) is 21.7. The summed E-state index contributed by atoms with van der Waals surface area (Å²) < 4.78 is 0. The van der Waals surface area contributed by atoms with Crippen molar-refractivity contribution in [3.63, 3.8) is 0 Å². The van der Waals surface area contributed by atoms with E-state index in [1.165, 1.54) is 192 Å². The fraction of sp³-hybridized carbons (Fsp3) is 0.370. The summed E-state index contributed by atoms with van der Waals surface area (Å²) in [5.74, 6) is 0. The molecule has 0 unspecified atom stereocenters. The van der Waals surface area contributed by atoms with E-state index in [4.69, 9.17) is 0 Å². The van der Waals surface area contributed by atoms with Gasteiger partial charge in [-0.05, 0) is 114 Å². The van der Waals surface area contributed by atoms with Crippen LogP contribution in [-0.2, 0) is 12.8 Å². The van der Waals surface area contributed by atoms with Gasteiger partial charge in [-0.25, -0.2) is 0 Å². The molecule has 0 aliphatic rings. The van der Waals surface area contributed by atoms with Crippen LogP contribution in [0.25, 0.3) is 65.3 Å². The maximum Gasteiger partial charge on any atom is -0.00987 e. The van der Waals surface area contributed by atoms with Crippen LogP contribution < -0.4 is 0 Å². The molecule has 0 atom stereocenters. The topological polar surface area (TPSA) is 0 Å². The van der Waals surface area contributed by atoms with Crippen molar-refractivity contribution in [3.05, 3.63) is 132 Å². The lowest BCUT2D eigenvalue weighted by Gasteiger charge is -2.12. The fourth-order valence-electron chi connectivity index (χ4n) is 8.72. The second-order valence-electron chi connectivity index (χ2n) is 16.1. The van der Waals surface area contributed by atoms with Crippen LogP contribution in [0.2, 0.25) is 0 Å². The zero-order valence-corrected chi connectivity index (χ0v) is 33.3. The van der Waals surface area contributed by atoms with Crippen molar-refractivity contribution in [2.45, 2.75) is 129 Å². The van der Waals surface area contributed by atoms with Crippen molar-refractivity contribution < 1.29 is 0 Å². The van der Waals surface area contributed by atoms with E-state index in [1.807, 2.05) is 0 Å². The number of fused-ring (bicyclic) bond motifs is 7. The highest BCUT2D eigenvalue weighted by molar-refractivity contribution is 6.22. The first-order valence-corrected chi connectivity index (χ1v) is 21.7. The van der Waals surface area contributed by atoms with Gasteiger partial charge in [0.25, 0.3) is 0 Å². The van der Waals surface area contributed by atoms with E-state index in [9.17, 15) is 0 Å². The lowest BCUT2D eigenvalue weighted by Crippen LogP contribution is -1.88. The molecule has 0 aliphatic heterocycles. The van der Waals surface area contributed by atoms with Crippen LogP contribution in [0.15, 0.2) is 121 Å². The Bertz CT molecular complexity index is 2070. The molecule has 7 aromatic rings. The summed E-state index contributed by atoms with van der Waals surface area (Å²) >= 11 is 0. The minimum absolute atomic E-state index is 1.19. The normalized spacial score (nSPS) is 11.7. The summed E-state index contributed by atoms with van der Waals surface area (Å²) in [6.07, 6.45) is 24.4. The molecule has 0 heteroatoms. The van der Waals surface area contributed by atoms with Crippen molar-refractivity contribution in [2.24, 2.45) is 0 Å². The van der Waals surface area contributed by atoms with Crippen molar-refractivity contribution in [1.82, 2.24) is 0 Å². The third kappa shape index (κ3) is 9.44. The molecule has 0 spiro atoms. The third-order valence-electron chi connectivity index (χ3n) is 12.0. The fourth-order valence-corrected chi connectivity index (χ4v) is 8.72. The van der Waals surface area contributed by atoms with Crippen LogP contribution in [0.4, 0.5) is 0 Å². The van der Waals surface area contributed by atoms with Crippen LogP contribution in [-0.4, -0.2) is 0 Å². The van der Waals surface area contributed by atoms with Crippen LogP contribution >= 0.6 is 0 Å². The molecule has 0 saturated heterocycles. The highest BCUT2D eigenvalue weighted by Crippen LogP contribution is 2.37.